The Kier molecular flexibility index (Phi) is 3.24. The van der Waals surface area contributed by atoms with Crippen molar-refractivity contribution in [1.82, 2.24) is 15.0 Å². The Morgan fingerprint density at radius 2 is 2.17 bits per heavy atom. The number of oxazole rings is 1. The lowest BCUT2D eigenvalue weighted by atomic mass is 10.2. The number of para-hydroxylation sites is 2. The fourth-order valence-corrected chi connectivity index (χ4v) is 5.15. The zero-order valence-electron chi connectivity index (χ0n) is 12.7. The van der Waals surface area contributed by atoms with Crippen molar-refractivity contribution in [2.45, 2.75) is 30.2 Å². The van der Waals surface area contributed by atoms with Crippen molar-refractivity contribution in [2.75, 3.05) is 0 Å². The van der Waals surface area contributed by atoms with Crippen molar-refractivity contribution in [2.24, 2.45) is 0 Å². The van der Waals surface area contributed by atoms with E-state index >= 15 is 0 Å². The van der Waals surface area contributed by atoms with Crippen LogP contribution in [0.4, 0.5) is 0 Å². The second-order valence-electron chi connectivity index (χ2n) is 5.79. The zero-order chi connectivity index (χ0) is 16.1. The lowest BCUT2D eigenvalue weighted by Gasteiger charge is -1.99. The molecule has 0 bridgehead atoms. The molecule has 3 heterocycles. The summed E-state index contributed by atoms with van der Waals surface area (Å²) in [5.74, 6) is 1.19. The van der Waals surface area contributed by atoms with Crippen LogP contribution in [0.3, 0.4) is 0 Å². The van der Waals surface area contributed by atoms with Gasteiger partial charge in [0, 0.05) is 4.88 Å². The molecular formula is C17H13N3O2S2. The topological polar surface area (TPSA) is 71.8 Å². The van der Waals surface area contributed by atoms with Crippen molar-refractivity contribution in [3.05, 3.63) is 50.9 Å². The average Bonchev–Trinajstić information content (AvgIpc) is 3.25. The molecule has 1 aliphatic carbocycles. The first-order valence-corrected chi connectivity index (χ1v) is 9.60. The molecule has 5 rings (SSSR count). The van der Waals surface area contributed by atoms with Gasteiger partial charge in [-0.05, 0) is 37.0 Å². The van der Waals surface area contributed by atoms with Gasteiger partial charge in [0.05, 0.1) is 11.1 Å². The summed E-state index contributed by atoms with van der Waals surface area (Å²) in [6, 6.07) is 7.67. The highest BCUT2D eigenvalue weighted by atomic mass is 32.2. The Morgan fingerprint density at radius 3 is 3.08 bits per heavy atom. The number of hydrogen-bond donors (Lipinski definition) is 1. The SMILES string of the molecule is O=c1[nH]c(CSc2nc3ccccc3o2)nc2sc3c(c12)CCC3. The van der Waals surface area contributed by atoms with Crippen LogP contribution in [-0.4, -0.2) is 15.0 Å². The number of fused-ring (bicyclic) bond motifs is 4. The largest absolute Gasteiger partial charge is 0.431 e. The van der Waals surface area contributed by atoms with Gasteiger partial charge in [-0.25, -0.2) is 9.97 Å². The molecule has 0 atom stereocenters. The Morgan fingerprint density at radius 1 is 1.25 bits per heavy atom. The van der Waals surface area contributed by atoms with E-state index in [1.54, 1.807) is 11.3 Å². The molecule has 0 aliphatic heterocycles. The molecule has 3 aromatic heterocycles. The first-order chi connectivity index (χ1) is 11.8. The van der Waals surface area contributed by atoms with Crippen molar-refractivity contribution in [1.29, 1.82) is 0 Å². The van der Waals surface area contributed by atoms with E-state index < -0.39 is 0 Å². The van der Waals surface area contributed by atoms with E-state index in [0.29, 0.717) is 16.8 Å². The van der Waals surface area contributed by atoms with Gasteiger partial charge in [-0.2, -0.15) is 0 Å². The highest BCUT2D eigenvalue weighted by Gasteiger charge is 2.21. The number of aromatic amines is 1. The summed E-state index contributed by atoms with van der Waals surface area (Å²) in [6.07, 6.45) is 3.21. The van der Waals surface area contributed by atoms with E-state index in [1.165, 1.54) is 22.2 Å². The minimum absolute atomic E-state index is 0.0208. The number of nitrogens with zero attached hydrogens (tertiary/aromatic N) is 2. The van der Waals surface area contributed by atoms with E-state index in [0.717, 1.165) is 40.6 Å². The fourth-order valence-electron chi connectivity index (χ4n) is 3.16. The van der Waals surface area contributed by atoms with Crippen LogP contribution in [-0.2, 0) is 18.6 Å². The minimum atomic E-state index is -0.0208. The Bertz CT molecular complexity index is 1090. The molecule has 24 heavy (non-hydrogen) atoms. The summed E-state index contributed by atoms with van der Waals surface area (Å²) in [5, 5.41) is 1.38. The van der Waals surface area contributed by atoms with Crippen LogP contribution in [0.25, 0.3) is 21.3 Å². The summed E-state index contributed by atoms with van der Waals surface area (Å²) >= 11 is 3.10. The normalized spacial score (nSPS) is 13.8. The van der Waals surface area contributed by atoms with E-state index in [4.69, 9.17) is 4.42 Å². The summed E-state index contributed by atoms with van der Waals surface area (Å²) in [5.41, 5.74) is 2.80. The van der Waals surface area contributed by atoms with Crippen LogP contribution in [0.15, 0.2) is 38.7 Å². The predicted molar refractivity (Wildman–Crippen MR) is 95.8 cm³/mol. The van der Waals surface area contributed by atoms with E-state index in [1.807, 2.05) is 24.3 Å². The number of benzene rings is 1. The van der Waals surface area contributed by atoms with Crippen LogP contribution in [0, 0.1) is 0 Å². The number of thioether (sulfide) groups is 1. The summed E-state index contributed by atoms with van der Waals surface area (Å²) < 4.78 is 5.69. The van der Waals surface area contributed by atoms with Crippen molar-refractivity contribution in [3.8, 4) is 0 Å². The second kappa shape index (κ2) is 5.46. The van der Waals surface area contributed by atoms with Gasteiger partial charge >= 0.3 is 0 Å². The minimum Gasteiger partial charge on any atom is -0.431 e. The third-order valence-corrected chi connectivity index (χ3v) is 6.26. The van der Waals surface area contributed by atoms with Crippen LogP contribution in [0.5, 0.6) is 0 Å². The molecule has 0 unspecified atom stereocenters. The Balaban J connectivity index is 1.45. The average molecular weight is 355 g/mol. The van der Waals surface area contributed by atoms with E-state index in [9.17, 15) is 4.79 Å². The third-order valence-electron chi connectivity index (χ3n) is 4.23. The molecule has 1 N–H and O–H groups in total. The number of rotatable bonds is 3. The highest BCUT2D eigenvalue weighted by molar-refractivity contribution is 7.98. The van der Waals surface area contributed by atoms with E-state index in [-0.39, 0.29) is 5.56 Å². The lowest BCUT2D eigenvalue weighted by Crippen LogP contribution is -2.11. The van der Waals surface area contributed by atoms with Gasteiger partial charge < -0.3 is 9.40 Å². The maximum Gasteiger partial charge on any atom is 0.259 e. The second-order valence-corrected chi connectivity index (χ2v) is 7.80. The summed E-state index contributed by atoms with van der Waals surface area (Å²) in [4.78, 5) is 26.6. The standard InChI is InChI=1S/C17H13N3O2S2/c21-15-14-9-4-3-7-12(9)24-16(14)20-13(19-15)8-23-17-18-10-5-1-2-6-11(10)22-17/h1-2,5-6H,3-4,7-8H2,(H,19,20,21). The maximum atomic E-state index is 12.4. The highest BCUT2D eigenvalue weighted by Crippen LogP contribution is 2.34. The Hall–Kier alpha value is -2.12. The molecule has 120 valence electrons. The quantitative estimate of drug-likeness (QED) is 0.564. The molecule has 5 nitrogen and oxygen atoms in total. The summed E-state index contributed by atoms with van der Waals surface area (Å²) in [6.45, 7) is 0. The Labute approximate surface area is 145 Å². The number of aryl methyl sites for hydroxylation is 2. The number of H-pyrrole nitrogens is 1. The first-order valence-electron chi connectivity index (χ1n) is 7.80. The van der Waals surface area contributed by atoms with Gasteiger partial charge in [0.15, 0.2) is 5.58 Å². The van der Waals surface area contributed by atoms with Gasteiger partial charge in [0.25, 0.3) is 10.8 Å². The molecule has 0 amide bonds. The van der Waals surface area contributed by atoms with Crippen molar-refractivity contribution >= 4 is 44.4 Å². The smallest absolute Gasteiger partial charge is 0.259 e. The molecule has 1 aliphatic rings. The number of thiophene rings is 1. The molecule has 0 radical (unpaired) electrons. The van der Waals surface area contributed by atoms with Gasteiger partial charge in [0.1, 0.15) is 16.2 Å². The van der Waals surface area contributed by atoms with Crippen molar-refractivity contribution < 1.29 is 4.42 Å². The number of hydrogen-bond acceptors (Lipinski definition) is 6. The van der Waals surface area contributed by atoms with Gasteiger partial charge in [0.2, 0.25) is 0 Å². The molecule has 1 aromatic carbocycles. The van der Waals surface area contributed by atoms with Crippen LogP contribution < -0.4 is 5.56 Å². The van der Waals surface area contributed by atoms with Crippen LogP contribution in [0.2, 0.25) is 0 Å². The van der Waals surface area contributed by atoms with Gasteiger partial charge in [-0.15, -0.1) is 11.3 Å². The third kappa shape index (κ3) is 2.27. The first kappa shape index (κ1) is 14.2. The molecule has 7 heteroatoms. The molecule has 0 saturated heterocycles. The van der Waals surface area contributed by atoms with Crippen LogP contribution in [0.1, 0.15) is 22.7 Å². The van der Waals surface area contributed by atoms with Crippen LogP contribution >= 0.6 is 23.1 Å². The van der Waals surface area contributed by atoms with Gasteiger partial charge in [-0.1, -0.05) is 23.9 Å². The molecular weight excluding hydrogens is 342 g/mol. The number of aromatic nitrogens is 3. The van der Waals surface area contributed by atoms with E-state index in [2.05, 4.69) is 15.0 Å². The monoisotopic (exact) mass is 355 g/mol. The van der Waals surface area contributed by atoms with Gasteiger partial charge in [-0.3, -0.25) is 4.79 Å². The molecule has 4 aromatic rings. The molecule has 0 fully saturated rings. The molecule has 0 spiro atoms. The number of nitrogens with one attached hydrogen (secondary N) is 1. The predicted octanol–water partition coefficient (Wildman–Crippen LogP) is 3.91. The fraction of sp³-hybridized carbons (Fsp3) is 0.235. The summed E-state index contributed by atoms with van der Waals surface area (Å²) in [7, 11) is 0. The zero-order valence-corrected chi connectivity index (χ0v) is 14.3. The van der Waals surface area contributed by atoms with Crippen molar-refractivity contribution in [3.63, 3.8) is 0 Å². The maximum absolute atomic E-state index is 12.4. The molecule has 0 saturated carbocycles. The lowest BCUT2D eigenvalue weighted by molar-refractivity contribution is 0.489.